The highest BCUT2D eigenvalue weighted by molar-refractivity contribution is 5.92. The average Bonchev–Trinajstić information content (AvgIpc) is 3.31. The Hall–Kier alpha value is -2.52. The SMILES string of the molecule is CC(=O)N1C[C@@H](NC(=O)c2cc(C(F)F)[nH]n2)CC[C@@H](C(=O)N2CCCC2)C1. The molecule has 1 aromatic rings. The highest BCUT2D eigenvalue weighted by atomic mass is 19.3. The predicted octanol–water partition coefficient (Wildman–Crippen LogP) is 1.33. The summed E-state index contributed by atoms with van der Waals surface area (Å²) < 4.78 is 25.3. The van der Waals surface area contributed by atoms with Crippen molar-refractivity contribution in [3.8, 4) is 0 Å². The maximum atomic E-state index is 12.8. The van der Waals surface area contributed by atoms with Gasteiger partial charge in [-0.3, -0.25) is 19.5 Å². The fourth-order valence-electron chi connectivity index (χ4n) is 3.79. The van der Waals surface area contributed by atoms with E-state index in [1.54, 1.807) is 4.90 Å². The van der Waals surface area contributed by atoms with E-state index in [0.717, 1.165) is 32.0 Å². The van der Waals surface area contributed by atoms with Crippen LogP contribution in [0.4, 0.5) is 8.78 Å². The maximum Gasteiger partial charge on any atom is 0.279 e. The normalized spacial score (nSPS) is 23.0. The van der Waals surface area contributed by atoms with Crippen LogP contribution in [0.3, 0.4) is 0 Å². The molecule has 0 aromatic carbocycles. The van der Waals surface area contributed by atoms with Crippen LogP contribution in [-0.2, 0) is 9.59 Å². The lowest BCUT2D eigenvalue weighted by atomic mass is 10.0. The molecule has 154 valence electrons. The maximum absolute atomic E-state index is 12.8. The summed E-state index contributed by atoms with van der Waals surface area (Å²) in [5.74, 6) is -0.981. The largest absolute Gasteiger partial charge is 0.346 e. The summed E-state index contributed by atoms with van der Waals surface area (Å²) in [4.78, 5) is 40.5. The minimum Gasteiger partial charge on any atom is -0.346 e. The van der Waals surface area contributed by atoms with Gasteiger partial charge in [-0.2, -0.15) is 5.10 Å². The summed E-state index contributed by atoms with van der Waals surface area (Å²) in [7, 11) is 0. The van der Waals surface area contributed by atoms with E-state index in [9.17, 15) is 23.2 Å². The third-order valence-electron chi connectivity index (χ3n) is 5.36. The third-order valence-corrected chi connectivity index (χ3v) is 5.36. The van der Waals surface area contributed by atoms with Crippen molar-refractivity contribution in [3.05, 3.63) is 17.5 Å². The van der Waals surface area contributed by atoms with Crippen LogP contribution in [-0.4, -0.2) is 69.9 Å². The number of alkyl halides is 2. The number of hydrogen-bond donors (Lipinski definition) is 2. The van der Waals surface area contributed by atoms with Crippen LogP contribution in [0.25, 0.3) is 0 Å². The van der Waals surface area contributed by atoms with Crippen molar-refractivity contribution in [2.24, 2.45) is 5.92 Å². The molecule has 2 atom stereocenters. The van der Waals surface area contributed by atoms with Gasteiger partial charge in [0, 0.05) is 39.1 Å². The first-order valence-electron chi connectivity index (χ1n) is 9.53. The number of likely N-dealkylation sites (tertiary alicyclic amines) is 2. The number of halogens is 2. The molecular formula is C18H25F2N5O3. The molecular weight excluding hydrogens is 372 g/mol. The number of rotatable bonds is 4. The Morgan fingerprint density at radius 3 is 2.50 bits per heavy atom. The van der Waals surface area contributed by atoms with E-state index in [4.69, 9.17) is 0 Å². The van der Waals surface area contributed by atoms with Crippen LogP contribution in [0.1, 0.15) is 55.2 Å². The quantitative estimate of drug-likeness (QED) is 0.801. The molecule has 2 saturated heterocycles. The lowest BCUT2D eigenvalue weighted by molar-refractivity contribution is -0.136. The lowest BCUT2D eigenvalue weighted by Crippen LogP contribution is -2.45. The highest BCUT2D eigenvalue weighted by Crippen LogP contribution is 2.22. The summed E-state index contributed by atoms with van der Waals surface area (Å²) in [5.41, 5.74) is -0.550. The molecule has 3 rings (SSSR count). The molecule has 28 heavy (non-hydrogen) atoms. The van der Waals surface area contributed by atoms with E-state index >= 15 is 0 Å². The molecule has 0 radical (unpaired) electrons. The number of aromatic nitrogens is 2. The van der Waals surface area contributed by atoms with Crippen LogP contribution >= 0.6 is 0 Å². The number of nitrogens with one attached hydrogen (secondary N) is 2. The summed E-state index contributed by atoms with van der Waals surface area (Å²) in [5, 5.41) is 8.51. The van der Waals surface area contributed by atoms with Gasteiger partial charge in [-0.05, 0) is 31.7 Å². The summed E-state index contributed by atoms with van der Waals surface area (Å²) in [6.45, 7) is 3.54. The van der Waals surface area contributed by atoms with Crippen LogP contribution in [0.2, 0.25) is 0 Å². The number of carbonyl (C=O) groups is 3. The van der Waals surface area contributed by atoms with Crippen LogP contribution in [0, 0.1) is 5.92 Å². The van der Waals surface area contributed by atoms with Gasteiger partial charge >= 0.3 is 0 Å². The van der Waals surface area contributed by atoms with Gasteiger partial charge in [0.05, 0.1) is 5.92 Å². The monoisotopic (exact) mass is 397 g/mol. The summed E-state index contributed by atoms with van der Waals surface area (Å²) in [6.07, 6.45) is 0.326. The third kappa shape index (κ3) is 4.66. The molecule has 0 aliphatic carbocycles. The van der Waals surface area contributed by atoms with Crippen molar-refractivity contribution >= 4 is 17.7 Å². The Morgan fingerprint density at radius 2 is 1.89 bits per heavy atom. The van der Waals surface area contributed by atoms with Gasteiger partial charge in [0.15, 0.2) is 0 Å². The predicted molar refractivity (Wildman–Crippen MR) is 95.6 cm³/mol. The van der Waals surface area contributed by atoms with Crippen molar-refractivity contribution in [3.63, 3.8) is 0 Å². The van der Waals surface area contributed by atoms with Gasteiger partial charge < -0.3 is 15.1 Å². The second-order valence-electron chi connectivity index (χ2n) is 7.41. The number of carbonyl (C=O) groups excluding carboxylic acids is 3. The number of nitrogens with zero attached hydrogens (tertiary/aromatic N) is 3. The Balaban J connectivity index is 1.65. The van der Waals surface area contributed by atoms with Crippen LogP contribution < -0.4 is 5.32 Å². The Morgan fingerprint density at radius 1 is 1.18 bits per heavy atom. The topological polar surface area (TPSA) is 98.4 Å². The molecule has 0 bridgehead atoms. The molecule has 2 aliphatic heterocycles. The first-order valence-corrected chi connectivity index (χ1v) is 9.53. The van der Waals surface area contributed by atoms with Crippen molar-refractivity contribution in [2.75, 3.05) is 26.2 Å². The average molecular weight is 397 g/mol. The molecule has 1 aromatic heterocycles. The summed E-state index contributed by atoms with van der Waals surface area (Å²) >= 11 is 0. The zero-order chi connectivity index (χ0) is 20.3. The Bertz CT molecular complexity index is 733. The number of H-pyrrole nitrogens is 1. The van der Waals surface area contributed by atoms with Crippen molar-refractivity contribution < 1.29 is 23.2 Å². The summed E-state index contributed by atoms with van der Waals surface area (Å²) in [6, 6.07) is 0.638. The number of aromatic amines is 1. The smallest absolute Gasteiger partial charge is 0.279 e. The molecule has 2 aliphatic rings. The van der Waals surface area contributed by atoms with Gasteiger partial charge in [-0.25, -0.2) is 8.78 Å². The number of hydrogen-bond acceptors (Lipinski definition) is 4. The first-order chi connectivity index (χ1) is 13.3. The van der Waals surface area contributed by atoms with Crippen LogP contribution in [0.15, 0.2) is 6.07 Å². The molecule has 2 fully saturated rings. The van der Waals surface area contributed by atoms with E-state index in [1.807, 2.05) is 4.90 Å². The second-order valence-corrected chi connectivity index (χ2v) is 7.41. The van der Waals surface area contributed by atoms with E-state index in [2.05, 4.69) is 15.5 Å². The molecule has 0 spiro atoms. The van der Waals surface area contributed by atoms with E-state index < -0.39 is 18.0 Å². The molecule has 2 N–H and O–H groups in total. The van der Waals surface area contributed by atoms with Gasteiger partial charge in [0.2, 0.25) is 11.8 Å². The first kappa shape index (κ1) is 20.2. The zero-order valence-electron chi connectivity index (χ0n) is 15.8. The second kappa shape index (κ2) is 8.66. The van der Waals surface area contributed by atoms with Gasteiger partial charge in [-0.15, -0.1) is 0 Å². The van der Waals surface area contributed by atoms with Crippen molar-refractivity contribution in [1.29, 1.82) is 0 Å². The Kier molecular flexibility index (Phi) is 6.25. The van der Waals surface area contributed by atoms with Gasteiger partial charge in [0.1, 0.15) is 11.4 Å². The standard InChI is InChI=1S/C18H25F2N5O3/c1-11(26)25-9-12(18(28)24-6-2-3-7-24)4-5-13(10-25)21-17(27)15-8-14(16(19)20)22-23-15/h8,12-13,16H,2-7,9-10H2,1H3,(H,21,27)(H,22,23)/t12-,13+/m1/s1. The molecule has 8 nitrogen and oxygen atoms in total. The Labute approximate surface area is 161 Å². The van der Waals surface area contributed by atoms with Gasteiger partial charge in [-0.1, -0.05) is 0 Å². The van der Waals surface area contributed by atoms with Crippen molar-refractivity contribution in [1.82, 2.24) is 25.3 Å². The van der Waals surface area contributed by atoms with E-state index in [1.165, 1.54) is 6.92 Å². The molecule has 3 heterocycles. The molecule has 0 unspecified atom stereocenters. The minimum atomic E-state index is -2.74. The highest BCUT2D eigenvalue weighted by Gasteiger charge is 2.33. The fraction of sp³-hybridized carbons (Fsp3) is 0.667. The fourth-order valence-corrected chi connectivity index (χ4v) is 3.79. The number of amides is 3. The molecule has 10 heteroatoms. The lowest BCUT2D eigenvalue weighted by Gasteiger charge is -2.27. The van der Waals surface area contributed by atoms with E-state index in [0.29, 0.717) is 19.4 Å². The van der Waals surface area contributed by atoms with Crippen LogP contribution in [0.5, 0.6) is 0 Å². The van der Waals surface area contributed by atoms with E-state index in [-0.39, 0.29) is 36.0 Å². The minimum absolute atomic E-state index is 0.0598. The van der Waals surface area contributed by atoms with Gasteiger partial charge in [0.25, 0.3) is 12.3 Å². The molecule has 3 amide bonds. The molecule has 0 saturated carbocycles. The van der Waals surface area contributed by atoms with Crippen molar-refractivity contribution in [2.45, 2.75) is 45.1 Å². The zero-order valence-corrected chi connectivity index (χ0v) is 15.8.